The van der Waals surface area contributed by atoms with Crippen molar-refractivity contribution in [1.29, 1.82) is 0 Å². The Labute approximate surface area is 166 Å². The van der Waals surface area contributed by atoms with Gasteiger partial charge in [-0.2, -0.15) is 0 Å². The fourth-order valence-corrected chi connectivity index (χ4v) is 3.11. The lowest BCUT2D eigenvalue weighted by Gasteiger charge is -2.33. The van der Waals surface area contributed by atoms with Crippen LogP contribution in [0.25, 0.3) is 0 Å². The second-order valence-corrected chi connectivity index (χ2v) is 7.20. The van der Waals surface area contributed by atoms with Crippen molar-refractivity contribution in [2.75, 3.05) is 26.8 Å². The van der Waals surface area contributed by atoms with Gasteiger partial charge in [0.25, 0.3) is 5.91 Å². The Kier molecular flexibility index (Phi) is 5.97. The van der Waals surface area contributed by atoms with E-state index in [4.69, 9.17) is 18.9 Å². The summed E-state index contributed by atoms with van der Waals surface area (Å²) in [7, 11) is 1.75. The first kappa shape index (κ1) is 19.9. The number of hydrogen-bond acceptors (Lipinski definition) is 5. The molecule has 1 amide bonds. The van der Waals surface area contributed by atoms with Crippen molar-refractivity contribution in [3.8, 4) is 23.0 Å². The van der Waals surface area contributed by atoms with E-state index in [2.05, 4.69) is 0 Å². The molecule has 2 aromatic carbocycles. The van der Waals surface area contributed by atoms with Crippen LogP contribution in [0.15, 0.2) is 48.5 Å². The monoisotopic (exact) mass is 385 g/mol. The van der Waals surface area contributed by atoms with Gasteiger partial charge in [0.2, 0.25) is 0 Å². The number of hydrogen-bond donors (Lipinski definition) is 0. The zero-order valence-corrected chi connectivity index (χ0v) is 16.8. The summed E-state index contributed by atoms with van der Waals surface area (Å²) in [5.74, 6) is 2.67. The molecule has 1 heterocycles. The zero-order chi connectivity index (χ0) is 20.1. The van der Waals surface area contributed by atoms with Crippen molar-refractivity contribution in [2.24, 2.45) is 0 Å². The van der Waals surface area contributed by atoms with E-state index in [1.54, 1.807) is 37.9 Å². The molecule has 0 N–H and O–H groups in total. The van der Waals surface area contributed by atoms with Gasteiger partial charge < -0.3 is 23.8 Å². The average Bonchev–Trinajstić information content (AvgIpc) is 2.68. The summed E-state index contributed by atoms with van der Waals surface area (Å²) < 4.78 is 23.0. The van der Waals surface area contributed by atoms with E-state index >= 15 is 0 Å². The van der Waals surface area contributed by atoms with Crippen LogP contribution < -0.4 is 18.9 Å². The summed E-state index contributed by atoms with van der Waals surface area (Å²) in [4.78, 5) is 14.6. The highest BCUT2D eigenvalue weighted by Crippen LogP contribution is 2.31. The molecule has 150 valence electrons. The van der Waals surface area contributed by atoms with E-state index in [1.165, 1.54) is 0 Å². The predicted octanol–water partition coefficient (Wildman–Crippen LogP) is 3.54. The molecule has 0 unspecified atom stereocenters. The number of ether oxygens (including phenoxy) is 4. The molecule has 0 bridgehead atoms. The lowest BCUT2D eigenvalue weighted by Crippen LogP contribution is -2.51. The van der Waals surface area contributed by atoms with Crippen molar-refractivity contribution in [2.45, 2.75) is 32.5 Å². The van der Waals surface area contributed by atoms with E-state index in [-0.39, 0.29) is 12.0 Å². The highest BCUT2D eigenvalue weighted by molar-refractivity contribution is 5.84. The summed E-state index contributed by atoms with van der Waals surface area (Å²) >= 11 is 0. The molecular weight excluding hydrogens is 358 g/mol. The van der Waals surface area contributed by atoms with Gasteiger partial charge in [-0.25, -0.2) is 0 Å². The maximum Gasteiger partial charge on any atom is 0.266 e. The molecular formula is C22H27NO5. The number of carbonyl (C=O) groups excluding carboxylic acids is 1. The van der Waals surface area contributed by atoms with Gasteiger partial charge in [-0.3, -0.25) is 4.79 Å². The minimum absolute atomic E-state index is 0.135. The van der Waals surface area contributed by atoms with Crippen LogP contribution in [0, 0.1) is 0 Å². The fraction of sp³-hybridized carbons (Fsp3) is 0.409. The quantitative estimate of drug-likeness (QED) is 0.730. The van der Waals surface area contributed by atoms with Gasteiger partial charge in [-0.1, -0.05) is 12.1 Å². The van der Waals surface area contributed by atoms with E-state index in [1.807, 2.05) is 43.3 Å². The first-order valence-corrected chi connectivity index (χ1v) is 9.45. The molecule has 6 nitrogen and oxygen atoms in total. The highest BCUT2D eigenvalue weighted by atomic mass is 16.6. The summed E-state index contributed by atoms with van der Waals surface area (Å²) in [6.07, 6.45) is -0.231. The van der Waals surface area contributed by atoms with E-state index in [9.17, 15) is 4.79 Å². The number of para-hydroxylation sites is 2. The molecule has 28 heavy (non-hydrogen) atoms. The van der Waals surface area contributed by atoms with Gasteiger partial charge in [0, 0.05) is 7.05 Å². The minimum Gasteiger partial charge on any atom is -0.494 e. The number of fused-ring (bicyclic) bond motifs is 1. The first-order chi connectivity index (χ1) is 13.4. The van der Waals surface area contributed by atoms with Crippen molar-refractivity contribution in [3.63, 3.8) is 0 Å². The van der Waals surface area contributed by atoms with Crippen LogP contribution >= 0.6 is 0 Å². The molecule has 0 radical (unpaired) electrons. The Bertz CT molecular complexity index is 803. The van der Waals surface area contributed by atoms with Crippen molar-refractivity contribution < 1.29 is 23.7 Å². The van der Waals surface area contributed by atoms with Crippen LogP contribution in [0.3, 0.4) is 0 Å². The third-order valence-corrected chi connectivity index (χ3v) is 4.41. The molecule has 0 aromatic heterocycles. The number of benzene rings is 2. The van der Waals surface area contributed by atoms with E-state index in [0.29, 0.717) is 31.3 Å². The summed E-state index contributed by atoms with van der Waals surface area (Å²) in [6, 6.07) is 14.8. The second-order valence-electron chi connectivity index (χ2n) is 7.20. The largest absolute Gasteiger partial charge is 0.494 e. The Morgan fingerprint density at radius 1 is 1.11 bits per heavy atom. The number of nitrogens with zero attached hydrogens (tertiary/aromatic N) is 1. The number of carbonyl (C=O) groups is 1. The molecule has 0 aliphatic carbocycles. The van der Waals surface area contributed by atoms with E-state index in [0.717, 1.165) is 11.5 Å². The zero-order valence-electron chi connectivity index (χ0n) is 16.8. The van der Waals surface area contributed by atoms with E-state index < -0.39 is 5.60 Å². The molecule has 2 aromatic rings. The third-order valence-electron chi connectivity index (χ3n) is 4.41. The maximum absolute atomic E-state index is 12.9. The highest BCUT2D eigenvalue weighted by Gasteiger charge is 2.34. The smallest absolute Gasteiger partial charge is 0.266 e. The average molecular weight is 385 g/mol. The standard InChI is InChI=1S/C22H27NO5/c1-5-25-16-10-12-17(13-11-16)28-22(2,3)21(24)23(4)14-18-15-26-19-8-6-7-9-20(19)27-18/h6-13,18H,5,14-15H2,1-4H3/t18-/m1/s1. The molecule has 6 heteroatoms. The molecule has 1 atom stereocenters. The van der Waals surface area contributed by atoms with Gasteiger partial charge in [0.1, 0.15) is 18.1 Å². The molecule has 0 fully saturated rings. The van der Waals surface area contributed by atoms with Crippen LogP contribution in [-0.2, 0) is 4.79 Å². The molecule has 3 rings (SSSR count). The minimum atomic E-state index is -1.02. The molecule has 1 aliphatic heterocycles. The number of likely N-dealkylation sites (N-methyl/N-ethyl adjacent to an activating group) is 1. The van der Waals surface area contributed by atoms with Gasteiger partial charge >= 0.3 is 0 Å². The summed E-state index contributed by atoms with van der Waals surface area (Å²) in [5.41, 5.74) is -1.02. The lowest BCUT2D eigenvalue weighted by molar-refractivity contribution is -0.145. The van der Waals surface area contributed by atoms with Gasteiger partial charge in [-0.05, 0) is 57.2 Å². The molecule has 0 saturated heterocycles. The van der Waals surface area contributed by atoms with Crippen LogP contribution in [0.1, 0.15) is 20.8 Å². The Morgan fingerprint density at radius 3 is 2.43 bits per heavy atom. The van der Waals surface area contributed by atoms with Crippen molar-refractivity contribution >= 4 is 5.91 Å². The lowest BCUT2D eigenvalue weighted by atomic mass is 10.1. The van der Waals surface area contributed by atoms with Crippen molar-refractivity contribution in [3.05, 3.63) is 48.5 Å². The molecule has 0 saturated carbocycles. The number of amides is 1. The maximum atomic E-state index is 12.9. The van der Waals surface area contributed by atoms with Crippen LogP contribution in [0.4, 0.5) is 0 Å². The van der Waals surface area contributed by atoms with Gasteiger partial charge in [0.15, 0.2) is 23.2 Å². The Hall–Kier alpha value is -2.89. The van der Waals surface area contributed by atoms with Crippen LogP contribution in [0.5, 0.6) is 23.0 Å². The van der Waals surface area contributed by atoms with Gasteiger partial charge in [0.05, 0.1) is 13.2 Å². The molecule has 1 aliphatic rings. The SMILES string of the molecule is CCOc1ccc(OC(C)(C)C(=O)N(C)C[C@@H]2COc3ccccc3O2)cc1. The predicted molar refractivity (Wildman–Crippen MR) is 106 cm³/mol. The van der Waals surface area contributed by atoms with Crippen molar-refractivity contribution in [1.82, 2.24) is 4.90 Å². The topological polar surface area (TPSA) is 57.2 Å². The Morgan fingerprint density at radius 2 is 1.75 bits per heavy atom. The summed E-state index contributed by atoms with van der Waals surface area (Å²) in [5, 5.41) is 0. The Balaban J connectivity index is 1.58. The first-order valence-electron chi connectivity index (χ1n) is 9.45. The van der Waals surface area contributed by atoms with Crippen LogP contribution in [-0.4, -0.2) is 49.3 Å². The van der Waals surface area contributed by atoms with Crippen LogP contribution in [0.2, 0.25) is 0 Å². The summed E-state index contributed by atoms with van der Waals surface area (Å²) in [6.45, 7) is 6.86. The second kappa shape index (κ2) is 8.42. The third kappa shape index (κ3) is 4.68. The normalized spacial score (nSPS) is 15.6. The van der Waals surface area contributed by atoms with Gasteiger partial charge in [-0.15, -0.1) is 0 Å². The fourth-order valence-electron chi connectivity index (χ4n) is 3.11. The molecule has 0 spiro atoms. The number of rotatable bonds is 7.